The first-order valence-corrected chi connectivity index (χ1v) is 6.72. The Kier molecular flexibility index (Phi) is 2.19. The van der Waals surface area contributed by atoms with Crippen molar-refractivity contribution in [1.82, 2.24) is 5.32 Å². The SMILES string of the molecule is CC12CC(C#N)(CCN1)c1ccccc1C2(C)C. The molecule has 2 aliphatic rings. The number of piperidine rings is 1. The third-order valence-corrected chi connectivity index (χ3v) is 5.43. The van der Waals surface area contributed by atoms with Gasteiger partial charge in [-0.15, -0.1) is 0 Å². The summed E-state index contributed by atoms with van der Waals surface area (Å²) in [6.07, 6.45) is 1.84. The van der Waals surface area contributed by atoms with Gasteiger partial charge in [0.15, 0.2) is 0 Å². The van der Waals surface area contributed by atoms with Crippen LogP contribution in [0.2, 0.25) is 0 Å². The number of nitriles is 1. The smallest absolute Gasteiger partial charge is 0.0855 e. The minimum absolute atomic E-state index is 0.00926. The first-order chi connectivity index (χ1) is 8.45. The van der Waals surface area contributed by atoms with Crippen molar-refractivity contribution < 1.29 is 0 Å². The van der Waals surface area contributed by atoms with Crippen molar-refractivity contribution in [3.8, 4) is 6.07 Å². The molecule has 1 saturated heterocycles. The number of benzene rings is 1. The number of hydrogen-bond acceptors (Lipinski definition) is 2. The van der Waals surface area contributed by atoms with E-state index in [4.69, 9.17) is 0 Å². The molecular formula is C16H20N2. The van der Waals surface area contributed by atoms with Gasteiger partial charge in [-0.3, -0.25) is 0 Å². The molecule has 0 aromatic heterocycles. The molecule has 0 spiro atoms. The van der Waals surface area contributed by atoms with Crippen LogP contribution < -0.4 is 5.32 Å². The average molecular weight is 240 g/mol. The molecule has 1 aliphatic heterocycles. The summed E-state index contributed by atoms with van der Waals surface area (Å²) in [5.74, 6) is 0. The average Bonchev–Trinajstić information content (AvgIpc) is 2.37. The highest BCUT2D eigenvalue weighted by Crippen LogP contribution is 2.54. The number of fused-ring (bicyclic) bond motifs is 4. The molecule has 1 aromatic rings. The van der Waals surface area contributed by atoms with Crippen molar-refractivity contribution in [3.05, 3.63) is 35.4 Å². The van der Waals surface area contributed by atoms with Crippen LogP contribution in [-0.2, 0) is 10.8 Å². The number of rotatable bonds is 0. The van der Waals surface area contributed by atoms with Gasteiger partial charge >= 0.3 is 0 Å². The molecule has 1 fully saturated rings. The van der Waals surface area contributed by atoms with E-state index in [9.17, 15) is 5.26 Å². The van der Waals surface area contributed by atoms with Crippen LogP contribution in [0.5, 0.6) is 0 Å². The second-order valence-corrected chi connectivity index (χ2v) is 6.55. The molecule has 1 aromatic carbocycles. The van der Waals surface area contributed by atoms with Crippen LogP contribution in [0.25, 0.3) is 0 Å². The Morgan fingerprint density at radius 2 is 1.83 bits per heavy atom. The topological polar surface area (TPSA) is 35.8 Å². The van der Waals surface area contributed by atoms with Crippen molar-refractivity contribution in [2.75, 3.05) is 6.54 Å². The van der Waals surface area contributed by atoms with Gasteiger partial charge < -0.3 is 5.32 Å². The van der Waals surface area contributed by atoms with Gasteiger partial charge in [-0.1, -0.05) is 38.1 Å². The zero-order valence-corrected chi connectivity index (χ0v) is 11.4. The van der Waals surface area contributed by atoms with E-state index >= 15 is 0 Å². The molecule has 0 amide bonds. The molecule has 0 saturated carbocycles. The van der Waals surface area contributed by atoms with Gasteiger partial charge in [-0.25, -0.2) is 0 Å². The second kappa shape index (κ2) is 3.36. The molecule has 1 aliphatic carbocycles. The van der Waals surface area contributed by atoms with E-state index in [2.05, 4.69) is 56.4 Å². The Labute approximate surface area is 109 Å². The van der Waals surface area contributed by atoms with Gasteiger partial charge in [0.25, 0.3) is 0 Å². The maximum atomic E-state index is 9.75. The molecule has 2 unspecified atom stereocenters. The van der Waals surface area contributed by atoms with E-state index in [0.29, 0.717) is 0 Å². The monoisotopic (exact) mass is 240 g/mol. The molecular weight excluding hydrogens is 220 g/mol. The van der Waals surface area contributed by atoms with Gasteiger partial charge in [-0.05, 0) is 37.4 Å². The van der Waals surface area contributed by atoms with Gasteiger partial charge in [0.1, 0.15) is 0 Å². The summed E-state index contributed by atoms with van der Waals surface area (Å²) in [5.41, 5.74) is 2.38. The number of hydrogen-bond donors (Lipinski definition) is 1. The van der Waals surface area contributed by atoms with Crippen LogP contribution in [0.3, 0.4) is 0 Å². The van der Waals surface area contributed by atoms with E-state index in [-0.39, 0.29) is 16.4 Å². The maximum Gasteiger partial charge on any atom is 0.0855 e. The fourth-order valence-electron chi connectivity index (χ4n) is 3.88. The van der Waals surface area contributed by atoms with E-state index in [1.54, 1.807) is 0 Å². The highest BCUT2D eigenvalue weighted by Gasteiger charge is 2.56. The molecule has 2 atom stereocenters. The lowest BCUT2D eigenvalue weighted by atomic mass is 9.51. The van der Waals surface area contributed by atoms with E-state index in [1.807, 2.05) is 0 Å². The summed E-state index contributed by atoms with van der Waals surface area (Å²) in [4.78, 5) is 0. The summed E-state index contributed by atoms with van der Waals surface area (Å²) in [6.45, 7) is 7.80. The summed E-state index contributed by atoms with van der Waals surface area (Å²) < 4.78 is 0. The van der Waals surface area contributed by atoms with Crippen molar-refractivity contribution >= 4 is 0 Å². The third kappa shape index (κ3) is 1.21. The van der Waals surface area contributed by atoms with Crippen LogP contribution >= 0.6 is 0 Å². The summed E-state index contributed by atoms with van der Waals surface area (Å²) in [5, 5.41) is 13.4. The molecule has 1 heterocycles. The Hall–Kier alpha value is -1.33. The predicted octanol–water partition coefficient (Wildman–Crippen LogP) is 2.88. The van der Waals surface area contributed by atoms with E-state index in [1.165, 1.54) is 11.1 Å². The number of nitrogens with one attached hydrogen (secondary N) is 1. The summed E-state index contributed by atoms with van der Waals surface area (Å²) in [7, 11) is 0. The lowest BCUT2D eigenvalue weighted by molar-refractivity contribution is 0.110. The lowest BCUT2D eigenvalue weighted by Gasteiger charge is -2.57. The zero-order valence-electron chi connectivity index (χ0n) is 11.4. The largest absolute Gasteiger partial charge is 0.311 e. The molecule has 2 bridgehead atoms. The van der Waals surface area contributed by atoms with Gasteiger partial charge in [0, 0.05) is 11.0 Å². The van der Waals surface area contributed by atoms with Crippen molar-refractivity contribution in [2.24, 2.45) is 0 Å². The molecule has 2 nitrogen and oxygen atoms in total. The highest BCUT2D eigenvalue weighted by atomic mass is 15.0. The van der Waals surface area contributed by atoms with Crippen LogP contribution in [-0.4, -0.2) is 12.1 Å². The minimum atomic E-state index is -0.286. The molecule has 3 rings (SSSR count). The summed E-state index contributed by atoms with van der Waals surface area (Å²) >= 11 is 0. The quantitative estimate of drug-likeness (QED) is 0.757. The fourth-order valence-corrected chi connectivity index (χ4v) is 3.88. The highest BCUT2D eigenvalue weighted by molar-refractivity contribution is 5.50. The van der Waals surface area contributed by atoms with Crippen LogP contribution in [0.15, 0.2) is 24.3 Å². The van der Waals surface area contributed by atoms with Crippen LogP contribution in [0.1, 0.15) is 44.7 Å². The van der Waals surface area contributed by atoms with Gasteiger partial charge in [0.2, 0.25) is 0 Å². The Balaban J connectivity index is 2.33. The molecule has 1 N–H and O–H groups in total. The van der Waals surface area contributed by atoms with Gasteiger partial charge in [0.05, 0.1) is 11.5 Å². The molecule has 94 valence electrons. The van der Waals surface area contributed by atoms with Crippen LogP contribution in [0, 0.1) is 11.3 Å². The van der Waals surface area contributed by atoms with E-state index in [0.717, 1.165) is 19.4 Å². The number of nitrogens with zero attached hydrogens (tertiary/aromatic N) is 1. The first-order valence-electron chi connectivity index (χ1n) is 6.72. The first kappa shape index (κ1) is 11.7. The normalized spacial score (nSPS) is 36.6. The third-order valence-electron chi connectivity index (χ3n) is 5.43. The maximum absolute atomic E-state index is 9.75. The van der Waals surface area contributed by atoms with Gasteiger partial charge in [-0.2, -0.15) is 5.26 Å². The van der Waals surface area contributed by atoms with E-state index < -0.39 is 0 Å². The zero-order chi connectivity index (χ0) is 13.0. The molecule has 18 heavy (non-hydrogen) atoms. The van der Waals surface area contributed by atoms with Crippen molar-refractivity contribution in [3.63, 3.8) is 0 Å². The molecule has 0 radical (unpaired) electrons. The Morgan fingerprint density at radius 3 is 2.50 bits per heavy atom. The van der Waals surface area contributed by atoms with Crippen LogP contribution in [0.4, 0.5) is 0 Å². The van der Waals surface area contributed by atoms with Crippen molar-refractivity contribution in [2.45, 2.75) is 50.0 Å². The Morgan fingerprint density at radius 1 is 1.17 bits per heavy atom. The lowest BCUT2D eigenvalue weighted by Crippen LogP contribution is -2.66. The summed E-state index contributed by atoms with van der Waals surface area (Å²) in [6, 6.07) is 11.1. The van der Waals surface area contributed by atoms with Crippen molar-refractivity contribution in [1.29, 1.82) is 5.26 Å². The Bertz CT molecular complexity index is 540. The fraction of sp³-hybridized carbons (Fsp3) is 0.562. The molecule has 2 heteroatoms. The minimum Gasteiger partial charge on any atom is -0.311 e. The predicted molar refractivity (Wildman–Crippen MR) is 72.4 cm³/mol. The standard InChI is InChI=1S/C16H20N2/c1-14(2)12-6-4-5-7-13(12)16(11-17)8-9-18-15(14,3)10-16/h4-7,18H,8-10H2,1-3H3. The second-order valence-electron chi connectivity index (χ2n) is 6.55.